The first-order chi connectivity index (χ1) is 9.78. The number of hydrogen-bond acceptors (Lipinski definition) is 7. The number of hydrogen-bond donors (Lipinski definition) is 3. The molecule has 0 atom stereocenters. The Morgan fingerprint density at radius 2 is 2.05 bits per heavy atom. The van der Waals surface area contributed by atoms with Crippen molar-refractivity contribution < 1.29 is 18.3 Å². The van der Waals surface area contributed by atoms with E-state index >= 15 is 0 Å². The molecule has 0 spiro atoms. The van der Waals surface area contributed by atoms with E-state index in [0.29, 0.717) is 11.3 Å². The van der Waals surface area contributed by atoms with Crippen molar-refractivity contribution in [2.75, 3.05) is 10.0 Å². The molecule has 0 fully saturated rings. The zero-order valence-electron chi connectivity index (χ0n) is 11.1. The fourth-order valence-electron chi connectivity index (χ4n) is 1.47. The van der Waals surface area contributed by atoms with Gasteiger partial charge in [-0.2, -0.15) is 8.42 Å². The van der Waals surface area contributed by atoms with E-state index < -0.39 is 10.0 Å². The standard InChI is InChI=1S/C11H12N4O4S2/c1-6-5-8(17)3-4-9(6)15-21(18,19)11-14-13-10(20-11)12-7(2)16/h3-5,15,17H,1-2H3,(H,12,13,16). The number of aromatic hydroxyl groups is 1. The Morgan fingerprint density at radius 3 is 2.67 bits per heavy atom. The molecule has 3 N–H and O–H groups in total. The number of aromatic nitrogens is 2. The SMILES string of the molecule is CC(=O)Nc1nnc(S(=O)(=O)Nc2ccc(O)cc2C)s1. The number of phenols is 1. The summed E-state index contributed by atoms with van der Waals surface area (Å²) in [6.45, 7) is 2.94. The summed E-state index contributed by atoms with van der Waals surface area (Å²) in [6, 6.07) is 4.24. The van der Waals surface area contributed by atoms with Gasteiger partial charge in [0.05, 0.1) is 5.69 Å². The summed E-state index contributed by atoms with van der Waals surface area (Å²) < 4.78 is 26.4. The number of anilines is 2. The van der Waals surface area contributed by atoms with Crippen LogP contribution in [0.5, 0.6) is 5.75 Å². The molecule has 0 unspecified atom stereocenters. The second-order valence-electron chi connectivity index (χ2n) is 4.16. The van der Waals surface area contributed by atoms with Gasteiger partial charge in [-0.15, -0.1) is 10.2 Å². The average Bonchev–Trinajstić information content (AvgIpc) is 2.81. The van der Waals surface area contributed by atoms with Crippen LogP contribution in [0.1, 0.15) is 12.5 Å². The quantitative estimate of drug-likeness (QED) is 0.575. The molecule has 1 heterocycles. The molecular weight excluding hydrogens is 316 g/mol. The molecule has 10 heteroatoms. The Kier molecular flexibility index (Phi) is 4.09. The number of carbonyl (C=O) groups excluding carboxylic acids is 1. The van der Waals surface area contributed by atoms with Gasteiger partial charge in [-0.25, -0.2) is 0 Å². The molecule has 8 nitrogen and oxygen atoms in total. The fraction of sp³-hybridized carbons (Fsp3) is 0.182. The Balaban J connectivity index is 2.25. The summed E-state index contributed by atoms with van der Waals surface area (Å²) in [5, 5.41) is 18.9. The lowest BCUT2D eigenvalue weighted by molar-refractivity contribution is -0.114. The van der Waals surface area contributed by atoms with E-state index in [-0.39, 0.29) is 21.1 Å². The third-order valence-electron chi connectivity index (χ3n) is 2.37. The van der Waals surface area contributed by atoms with Gasteiger partial charge in [0, 0.05) is 6.92 Å². The highest BCUT2D eigenvalue weighted by atomic mass is 32.2. The fourth-order valence-corrected chi connectivity index (χ4v) is 3.55. The highest BCUT2D eigenvalue weighted by molar-refractivity contribution is 7.94. The lowest BCUT2D eigenvalue weighted by Gasteiger charge is -2.08. The van der Waals surface area contributed by atoms with Crippen molar-refractivity contribution in [1.29, 1.82) is 0 Å². The number of phenolic OH excluding ortho intramolecular Hbond substituents is 1. The molecule has 0 bridgehead atoms. The van der Waals surface area contributed by atoms with Crippen LogP contribution in [0.25, 0.3) is 0 Å². The van der Waals surface area contributed by atoms with Crippen molar-refractivity contribution in [3.05, 3.63) is 23.8 Å². The van der Waals surface area contributed by atoms with Crippen LogP contribution in [0.4, 0.5) is 10.8 Å². The zero-order valence-corrected chi connectivity index (χ0v) is 12.7. The van der Waals surface area contributed by atoms with E-state index in [1.54, 1.807) is 6.92 Å². The summed E-state index contributed by atoms with van der Waals surface area (Å²) in [5.74, 6) is -0.322. The average molecular weight is 328 g/mol. The number of nitrogens with zero attached hydrogens (tertiary/aromatic N) is 2. The predicted octanol–water partition coefficient (Wildman–Crippen LogP) is 1.31. The minimum Gasteiger partial charge on any atom is -0.508 e. The molecular formula is C11H12N4O4S2. The van der Waals surface area contributed by atoms with Crippen molar-refractivity contribution >= 4 is 38.1 Å². The third-order valence-corrected chi connectivity index (χ3v) is 4.95. The number of sulfonamides is 1. The van der Waals surface area contributed by atoms with Crippen LogP contribution in [-0.2, 0) is 14.8 Å². The second-order valence-corrected chi connectivity index (χ2v) is 6.99. The molecule has 0 radical (unpaired) electrons. The highest BCUT2D eigenvalue weighted by Crippen LogP contribution is 2.25. The lowest BCUT2D eigenvalue weighted by Crippen LogP contribution is -2.13. The molecule has 0 aliphatic rings. The topological polar surface area (TPSA) is 121 Å². The summed E-state index contributed by atoms with van der Waals surface area (Å²) in [7, 11) is -3.90. The molecule has 1 aromatic heterocycles. The summed E-state index contributed by atoms with van der Waals surface area (Å²) in [4.78, 5) is 10.9. The van der Waals surface area contributed by atoms with Crippen LogP contribution in [0.3, 0.4) is 0 Å². The zero-order chi connectivity index (χ0) is 15.6. The minimum absolute atomic E-state index is 0.0410. The number of amides is 1. The maximum atomic E-state index is 12.2. The number of carbonyl (C=O) groups is 1. The Labute approximate surface area is 124 Å². The van der Waals surface area contributed by atoms with E-state index in [1.165, 1.54) is 25.1 Å². The first kappa shape index (κ1) is 15.2. The molecule has 0 saturated heterocycles. The molecule has 0 aliphatic heterocycles. The Morgan fingerprint density at radius 1 is 1.33 bits per heavy atom. The van der Waals surface area contributed by atoms with E-state index in [2.05, 4.69) is 20.2 Å². The monoisotopic (exact) mass is 328 g/mol. The maximum absolute atomic E-state index is 12.2. The van der Waals surface area contributed by atoms with Crippen molar-refractivity contribution in [3.63, 3.8) is 0 Å². The molecule has 0 saturated carbocycles. The lowest BCUT2D eigenvalue weighted by atomic mass is 10.2. The van der Waals surface area contributed by atoms with Crippen molar-refractivity contribution in [1.82, 2.24) is 10.2 Å². The maximum Gasteiger partial charge on any atom is 0.291 e. The van der Waals surface area contributed by atoms with Gasteiger partial charge < -0.3 is 10.4 Å². The van der Waals surface area contributed by atoms with Gasteiger partial charge in [0.2, 0.25) is 11.0 Å². The molecule has 1 aromatic carbocycles. The van der Waals surface area contributed by atoms with Gasteiger partial charge in [0.1, 0.15) is 5.75 Å². The van der Waals surface area contributed by atoms with E-state index in [1.807, 2.05) is 0 Å². The highest BCUT2D eigenvalue weighted by Gasteiger charge is 2.21. The van der Waals surface area contributed by atoms with Gasteiger partial charge in [-0.05, 0) is 30.7 Å². The van der Waals surface area contributed by atoms with Gasteiger partial charge in [-0.1, -0.05) is 11.3 Å². The minimum atomic E-state index is -3.90. The van der Waals surface area contributed by atoms with E-state index in [0.717, 1.165) is 11.3 Å². The molecule has 2 rings (SSSR count). The summed E-state index contributed by atoms with van der Waals surface area (Å²) in [6.07, 6.45) is 0. The van der Waals surface area contributed by atoms with Gasteiger partial charge >= 0.3 is 0 Å². The van der Waals surface area contributed by atoms with Gasteiger partial charge in [-0.3, -0.25) is 9.52 Å². The van der Waals surface area contributed by atoms with Crippen LogP contribution in [0.2, 0.25) is 0 Å². The number of nitrogens with one attached hydrogen (secondary N) is 2. The number of benzene rings is 1. The molecule has 1 amide bonds. The van der Waals surface area contributed by atoms with Crippen LogP contribution in [0, 0.1) is 6.92 Å². The van der Waals surface area contributed by atoms with Crippen molar-refractivity contribution in [3.8, 4) is 5.75 Å². The largest absolute Gasteiger partial charge is 0.508 e. The van der Waals surface area contributed by atoms with Crippen LogP contribution < -0.4 is 10.0 Å². The van der Waals surface area contributed by atoms with E-state index in [9.17, 15) is 18.3 Å². The van der Waals surface area contributed by atoms with Gasteiger partial charge in [0.15, 0.2) is 0 Å². The van der Waals surface area contributed by atoms with Crippen LogP contribution >= 0.6 is 11.3 Å². The summed E-state index contributed by atoms with van der Waals surface area (Å²) >= 11 is 0.742. The second kappa shape index (κ2) is 5.66. The third kappa shape index (κ3) is 3.67. The molecule has 0 aliphatic carbocycles. The van der Waals surface area contributed by atoms with Crippen LogP contribution in [0.15, 0.2) is 22.5 Å². The Hall–Kier alpha value is -2.20. The molecule has 112 valence electrons. The molecule has 21 heavy (non-hydrogen) atoms. The molecule has 2 aromatic rings. The number of rotatable bonds is 4. The first-order valence-corrected chi connectivity index (χ1v) is 8.01. The normalized spacial score (nSPS) is 11.1. The summed E-state index contributed by atoms with van der Waals surface area (Å²) in [5.41, 5.74) is 0.884. The van der Waals surface area contributed by atoms with Crippen molar-refractivity contribution in [2.24, 2.45) is 0 Å². The Bertz CT molecular complexity index is 785. The number of aryl methyl sites for hydroxylation is 1. The van der Waals surface area contributed by atoms with Crippen LogP contribution in [-0.4, -0.2) is 29.6 Å². The van der Waals surface area contributed by atoms with Gasteiger partial charge in [0.25, 0.3) is 14.4 Å². The van der Waals surface area contributed by atoms with Crippen molar-refractivity contribution in [2.45, 2.75) is 18.2 Å². The first-order valence-electron chi connectivity index (χ1n) is 5.71. The van der Waals surface area contributed by atoms with E-state index in [4.69, 9.17) is 0 Å². The smallest absolute Gasteiger partial charge is 0.291 e. The predicted molar refractivity (Wildman–Crippen MR) is 77.9 cm³/mol.